The van der Waals surface area contributed by atoms with Crippen LogP contribution < -0.4 is 35.8 Å². The summed E-state index contributed by atoms with van der Waals surface area (Å²) in [7, 11) is 1.79. The van der Waals surface area contributed by atoms with E-state index in [1.54, 1.807) is 73.7 Å². The van der Waals surface area contributed by atoms with E-state index in [0.29, 0.717) is 71.8 Å². The molecule has 12 aromatic heterocycles. The summed E-state index contributed by atoms with van der Waals surface area (Å²) in [4.78, 5) is 61.0. The smallest absolute Gasteiger partial charge is 0.536 e. The normalized spacial score (nSPS) is 11.5. The number of fused-ring (bicyclic) bond motifs is 7. The molecule has 0 saturated heterocycles. The number of hydrogen-bond acceptors (Lipinski definition) is 15. The third-order valence-electron chi connectivity index (χ3n) is 18.2. The summed E-state index contributed by atoms with van der Waals surface area (Å²) in [6, 6.07) is 49.6. The Balaban J connectivity index is 0.000000142. The highest BCUT2D eigenvalue weighted by Gasteiger charge is 2.31. The molecule has 0 aliphatic carbocycles. The van der Waals surface area contributed by atoms with Crippen molar-refractivity contribution in [2.75, 3.05) is 35.3 Å². The standard InChI is InChI=1S/C20H12ClF2N3.C15H12ClN3O.C13H10ClN3.C8H9BNO3.C7H4BrClN2.C7H5ClN2O.C7H5ClN2.C7H6F2O.C4H9BrN4/c21-12-9-25-20-17-11(8-24-20)19(18-13(22)5-3-6-14(18)23)26-15-7-2-1-4-10(15)16(12)17;1-9(20)19-13-5-3-2-4-10(13)14-11-6-7-17-15(11)18-8-12(14)16;14-10-7-17-13-9(5-6-16-13)12(10)8-3-1-2-4-11(8)15;1-6(11)10-7-4-2-3-5-8(7)13-9-12;8-6-4-1-2-10-7(4)11-3-5(6)9;8-6-3-5-1-2-9-7(5)10(11)4-6;8-6-3-5-1-2-9-7(5)10-4-6;1-10-7-5(8)3-2-4-6(7)9;1-2-3-4-6-8-9-7-5/h1-9,19,26H,(H,24,25);2-8H,1H3,(H,17,18)(H,19,20);1-7H,15H2,(H,16,17);2-5,12H,1H3,(H,10,11);1-3H,(H,10,11);1-4,11H;1-4H,(H,9,10);2-4H,1H3;2-4H2,1H3/p+1. The molecule has 13 N–H and O–H groups in total. The highest BCUT2D eigenvalue weighted by Crippen LogP contribution is 2.48. The number of aromatic nitrogens is 12. The Hall–Kier alpha value is -13.0. The number of hydrogen-bond donors (Lipinski definition) is 12. The number of methoxy groups -OCH3 is 1. The van der Waals surface area contributed by atoms with Gasteiger partial charge in [0.05, 0.1) is 72.7 Å². The average molecular weight is 1970 g/mol. The lowest BCUT2D eigenvalue weighted by atomic mass is 9.96. The molecule has 0 spiro atoms. The Morgan fingerprint density at radius 3 is 1.68 bits per heavy atom. The average Bonchev–Trinajstić information content (AvgIpc) is 1.59. The minimum atomic E-state index is -0.715. The molecule has 0 fully saturated rings. The van der Waals surface area contributed by atoms with Gasteiger partial charge in [-0.2, -0.15) is 5.11 Å². The van der Waals surface area contributed by atoms with Gasteiger partial charge in [0.2, 0.25) is 11.8 Å². The zero-order valence-corrected chi connectivity index (χ0v) is 74.8. The van der Waals surface area contributed by atoms with Gasteiger partial charge in [-0.3, -0.25) is 9.59 Å². The van der Waals surface area contributed by atoms with Crippen LogP contribution in [0.15, 0.2) is 274 Å². The van der Waals surface area contributed by atoms with Gasteiger partial charge in [0.15, 0.2) is 23.6 Å². The first kappa shape index (κ1) is 94.7. The number of carbonyl (C=O) groups is 2. The van der Waals surface area contributed by atoms with Crippen LogP contribution in [0.1, 0.15) is 50.8 Å². The van der Waals surface area contributed by atoms with Crippen LogP contribution in [-0.2, 0) is 9.59 Å². The van der Waals surface area contributed by atoms with Gasteiger partial charge >= 0.3 is 13.3 Å². The Bertz CT molecular complexity index is 6850. The first-order valence-corrected chi connectivity index (χ1v) is 41.7. The summed E-state index contributed by atoms with van der Waals surface area (Å²) >= 11 is 42.3. The molecule has 2 amide bonds. The number of carbonyl (C=O) groups excluding carboxylic acids is 2. The van der Waals surface area contributed by atoms with Crippen molar-refractivity contribution in [3.05, 3.63) is 319 Å². The number of rotatable bonds is 12. The van der Waals surface area contributed by atoms with Crippen LogP contribution in [0.5, 0.6) is 11.5 Å². The van der Waals surface area contributed by atoms with E-state index in [0.717, 1.165) is 140 Å². The van der Waals surface area contributed by atoms with E-state index in [9.17, 15) is 32.4 Å². The maximum Gasteiger partial charge on any atom is 0.569 e. The van der Waals surface area contributed by atoms with E-state index in [2.05, 4.69) is 134 Å². The second-order valence-corrected chi connectivity index (χ2v) is 30.2. The van der Waals surface area contributed by atoms with Crippen molar-refractivity contribution in [2.45, 2.75) is 39.7 Å². The Labute approximate surface area is 769 Å². The number of para-hydroxylation sites is 6. The molecule has 19 rings (SSSR count). The number of nitrogen functional groups attached to an aromatic ring is 1. The second kappa shape index (κ2) is 46.3. The molecule has 1 aliphatic rings. The van der Waals surface area contributed by atoms with E-state index >= 15 is 0 Å². The van der Waals surface area contributed by atoms with Gasteiger partial charge in [-0.25, -0.2) is 47.5 Å². The highest BCUT2D eigenvalue weighted by atomic mass is 79.9. The molecule has 39 heteroatoms. The number of nitrogens with zero attached hydrogens (tertiary/aromatic N) is 10. The van der Waals surface area contributed by atoms with Crippen molar-refractivity contribution in [1.29, 1.82) is 0 Å². The van der Waals surface area contributed by atoms with Crippen LogP contribution in [0.25, 0.3) is 99.6 Å². The fourth-order valence-corrected chi connectivity index (χ4v) is 14.5. The molecule has 13 heterocycles. The molecule has 18 aromatic rings. The van der Waals surface area contributed by atoms with Crippen LogP contribution in [0.4, 0.5) is 40.3 Å². The molecule has 26 nitrogen and oxygen atoms in total. The number of nitrogens with two attached hydrogens (primary N) is 1. The number of nitrogens with one attached hydrogen (secondary N) is 9. The summed E-state index contributed by atoms with van der Waals surface area (Å²) in [6.45, 7) is 5.72. The largest absolute Gasteiger partial charge is 0.569 e. The van der Waals surface area contributed by atoms with Gasteiger partial charge in [-0.1, -0.05) is 166 Å². The molecule has 1 aliphatic heterocycles. The van der Waals surface area contributed by atoms with Crippen molar-refractivity contribution in [2.24, 2.45) is 19.7 Å². The Kier molecular flexibility index (Phi) is 34.5. The van der Waals surface area contributed by atoms with Crippen LogP contribution >= 0.6 is 102 Å². The lowest BCUT2D eigenvalue weighted by molar-refractivity contribution is -0.885. The number of H-pyrrole nitrogens is 6. The summed E-state index contributed by atoms with van der Waals surface area (Å²) in [5, 5.41) is 45.7. The lowest BCUT2D eigenvalue weighted by Gasteiger charge is -2.20. The number of amides is 2. The zero-order valence-electron chi connectivity index (χ0n) is 67.1. The monoisotopic (exact) mass is 1960 g/mol. The summed E-state index contributed by atoms with van der Waals surface area (Å²) in [6.07, 6.45) is 22.5. The van der Waals surface area contributed by atoms with E-state index in [-0.39, 0.29) is 23.1 Å². The number of aromatic amines is 6. The zero-order chi connectivity index (χ0) is 90.6. The van der Waals surface area contributed by atoms with E-state index < -0.39 is 29.3 Å². The van der Waals surface area contributed by atoms with Crippen LogP contribution in [-0.4, -0.2) is 98.2 Å². The Morgan fingerprint density at radius 1 is 0.559 bits per heavy atom. The topological polar surface area (TPSA) is 368 Å². The van der Waals surface area contributed by atoms with E-state index in [1.165, 1.54) is 51.4 Å². The fraction of sp³-hybridized carbons (Fsp3) is 0.0909. The highest BCUT2D eigenvalue weighted by molar-refractivity contribution is 9.10. The quantitative estimate of drug-likeness (QED) is 0.00792. The number of pyridine rings is 6. The predicted molar refractivity (Wildman–Crippen MR) is 501 cm³/mol. The predicted octanol–water partition coefficient (Wildman–Crippen LogP) is 25.0. The minimum absolute atomic E-state index is 0.0315. The molecule has 1 radical (unpaired) electrons. The van der Waals surface area contributed by atoms with E-state index in [4.69, 9.17) is 85.0 Å². The maximum atomic E-state index is 14.6. The van der Waals surface area contributed by atoms with Crippen molar-refractivity contribution in [1.82, 2.24) is 54.8 Å². The van der Waals surface area contributed by atoms with Crippen molar-refractivity contribution in [3.63, 3.8) is 0 Å². The third kappa shape index (κ3) is 24.6. The molecule has 0 bridgehead atoms. The SMILES string of the molecule is CC(=O)Nc1ccccc1-c1c(Cl)cnc2[nH]ccc12.CC(=O)Nc1ccccc1O[B]O.CCCCN=NN=NBr.COc1c(F)cccc1F.Clc1cnc2[nH]ccc2c1.Clc1cnc2[nH]ccc2c1Br.Fc1cccc(F)c1C1Nc2ccccc2-c2c(Cl)cnc3[nH]cc1c23.Nc1ccccc1-c1c(Cl)cnc2[nH]ccc12.O[n+]1cc(Cl)cc2cc[nH]c21. The molecule has 6 aromatic carbocycles. The number of unbranched alkanes of at least 4 members (excludes halogenated alkanes) is 1. The van der Waals surface area contributed by atoms with Gasteiger partial charge in [-0.15, -0.1) is 0 Å². The fourth-order valence-electron chi connectivity index (χ4n) is 12.7. The van der Waals surface area contributed by atoms with E-state index in [1.807, 2.05) is 134 Å². The molecule has 647 valence electrons. The van der Waals surface area contributed by atoms with Crippen molar-refractivity contribution < 1.29 is 51.5 Å². The number of ether oxygens (including phenoxy) is 1. The van der Waals surface area contributed by atoms with Gasteiger partial charge in [0.25, 0.3) is 0 Å². The summed E-state index contributed by atoms with van der Waals surface area (Å²) < 4.78 is 68.3. The number of anilines is 4. The molecule has 1 atom stereocenters. The van der Waals surface area contributed by atoms with Gasteiger partial charge in [0, 0.05) is 163 Å². The molecule has 127 heavy (non-hydrogen) atoms. The van der Waals surface area contributed by atoms with Crippen LogP contribution in [0.2, 0.25) is 30.1 Å². The maximum absolute atomic E-state index is 14.6. The second-order valence-electron chi connectivity index (χ2n) is 26.6. The van der Waals surface area contributed by atoms with Crippen LogP contribution in [0.3, 0.4) is 0 Å². The lowest BCUT2D eigenvalue weighted by Crippen LogP contribution is -2.30. The molecule has 0 saturated carbocycles. The Morgan fingerprint density at radius 2 is 1.06 bits per heavy atom. The third-order valence-corrected chi connectivity index (χ3v) is 21.0. The van der Waals surface area contributed by atoms with Crippen molar-refractivity contribution >= 4 is 210 Å². The van der Waals surface area contributed by atoms with Gasteiger partial charge in [0.1, 0.15) is 61.8 Å². The van der Waals surface area contributed by atoms with Gasteiger partial charge < -0.3 is 66.2 Å². The summed E-state index contributed by atoms with van der Waals surface area (Å²) in [5.41, 5.74) is 19.2. The van der Waals surface area contributed by atoms with Crippen LogP contribution in [0, 0.1) is 23.3 Å². The van der Waals surface area contributed by atoms with Gasteiger partial charge in [-0.05, 0) is 135 Å². The number of benzene rings is 6. The molecule has 1 unspecified atom stereocenters. The first-order valence-electron chi connectivity index (χ1n) is 37.9. The number of halogens is 12. The minimum Gasteiger partial charge on any atom is -0.536 e. The van der Waals surface area contributed by atoms with Crippen molar-refractivity contribution in [3.8, 4) is 44.9 Å². The molecular formula is C88H73BBr2Cl6F4N20O6+. The summed E-state index contributed by atoms with van der Waals surface area (Å²) in [5.74, 6) is -2.80. The molecular weight excluding hydrogens is 1890 g/mol. The first-order chi connectivity index (χ1) is 61.4.